The van der Waals surface area contributed by atoms with Crippen LogP contribution in [0.25, 0.3) is 21.9 Å². The Bertz CT molecular complexity index is 858. The topological polar surface area (TPSA) is 18.5 Å². The number of alkyl halides is 2. The van der Waals surface area contributed by atoms with Gasteiger partial charge >= 0.3 is 6.61 Å². The number of benzene rings is 3. The molecule has 4 heteroatoms. The minimum Gasteiger partial charge on any atom is -0.493 e. The maximum absolute atomic E-state index is 12.7. The predicted octanol–water partition coefficient (Wildman–Crippen LogP) is 6.07. The minimum absolute atomic E-state index is 0.0693. The maximum atomic E-state index is 12.7. The average molecular weight is 342 g/mol. The van der Waals surface area contributed by atoms with Crippen LogP contribution in [0, 0.1) is 0 Å². The summed E-state index contributed by atoms with van der Waals surface area (Å²) < 4.78 is 35.3. The molecule has 0 amide bonds. The summed E-state index contributed by atoms with van der Waals surface area (Å²) in [5, 5.41) is 1.43. The van der Waals surface area contributed by atoms with Crippen LogP contribution in [0.2, 0.25) is 0 Å². The van der Waals surface area contributed by atoms with Gasteiger partial charge in [-0.2, -0.15) is 8.78 Å². The summed E-state index contributed by atoms with van der Waals surface area (Å²) in [5.74, 6) is 0.365. The Morgan fingerprint density at radius 1 is 0.920 bits per heavy atom. The van der Waals surface area contributed by atoms with Crippen molar-refractivity contribution in [1.29, 1.82) is 0 Å². The van der Waals surface area contributed by atoms with Crippen LogP contribution in [0.15, 0.2) is 54.6 Å². The lowest BCUT2D eigenvalue weighted by molar-refractivity contribution is -0.0501. The van der Waals surface area contributed by atoms with Crippen molar-refractivity contribution in [3.63, 3.8) is 0 Å². The number of hydrogen-bond acceptors (Lipinski definition) is 2. The molecule has 0 aromatic heterocycles. The van der Waals surface area contributed by atoms with Crippen molar-refractivity contribution >= 4 is 10.8 Å². The van der Waals surface area contributed by atoms with Crippen molar-refractivity contribution in [2.45, 2.75) is 26.4 Å². The smallest absolute Gasteiger partial charge is 0.387 e. The van der Waals surface area contributed by atoms with E-state index in [1.807, 2.05) is 18.2 Å². The van der Waals surface area contributed by atoms with Gasteiger partial charge in [0.25, 0.3) is 0 Å². The van der Waals surface area contributed by atoms with E-state index in [0.29, 0.717) is 11.1 Å². The molecular weight excluding hydrogens is 322 g/mol. The van der Waals surface area contributed by atoms with E-state index in [9.17, 15) is 8.78 Å². The van der Waals surface area contributed by atoms with Gasteiger partial charge in [0.2, 0.25) is 0 Å². The van der Waals surface area contributed by atoms with Crippen molar-refractivity contribution in [3.05, 3.63) is 60.2 Å². The molecule has 0 aliphatic heterocycles. The largest absolute Gasteiger partial charge is 0.493 e. The Labute approximate surface area is 146 Å². The van der Waals surface area contributed by atoms with Gasteiger partial charge < -0.3 is 9.47 Å². The third-order valence-corrected chi connectivity index (χ3v) is 4.19. The molecule has 0 N–H and O–H groups in total. The molecule has 130 valence electrons. The molecule has 0 unspecified atom stereocenters. The van der Waals surface area contributed by atoms with Gasteiger partial charge in [0.1, 0.15) is 0 Å². The molecule has 3 rings (SSSR count). The van der Waals surface area contributed by atoms with Gasteiger partial charge in [-0.3, -0.25) is 0 Å². The van der Waals surface area contributed by atoms with Gasteiger partial charge in [-0.25, -0.2) is 0 Å². The van der Waals surface area contributed by atoms with Gasteiger partial charge in [0.15, 0.2) is 11.5 Å². The standard InChI is InChI=1S/C21H20F2O2/c1-3-4-14-5-7-15(8-6-14)16-9-11-18-17(13-16)10-12-19(24-2)20(18)25-21(22)23/h5-13,21H,3-4H2,1-2H3. The molecule has 0 bridgehead atoms. The van der Waals surface area contributed by atoms with Crippen LogP contribution in [0.5, 0.6) is 11.5 Å². The zero-order valence-corrected chi connectivity index (χ0v) is 14.3. The van der Waals surface area contributed by atoms with Gasteiger partial charge in [-0.1, -0.05) is 49.7 Å². The third kappa shape index (κ3) is 3.73. The molecule has 0 spiro atoms. The second-order valence-corrected chi connectivity index (χ2v) is 5.86. The van der Waals surface area contributed by atoms with Crippen molar-refractivity contribution in [3.8, 4) is 22.6 Å². The highest BCUT2D eigenvalue weighted by Crippen LogP contribution is 2.38. The first-order valence-electron chi connectivity index (χ1n) is 8.27. The Kier molecular flexibility index (Phi) is 5.17. The van der Waals surface area contributed by atoms with Crippen molar-refractivity contribution in [2.75, 3.05) is 7.11 Å². The highest BCUT2D eigenvalue weighted by atomic mass is 19.3. The molecule has 0 fully saturated rings. The quantitative estimate of drug-likeness (QED) is 0.541. The first-order chi connectivity index (χ1) is 12.1. The number of aryl methyl sites for hydroxylation is 1. The molecule has 3 aromatic rings. The number of fused-ring (bicyclic) bond motifs is 1. The number of ether oxygens (including phenoxy) is 2. The van der Waals surface area contributed by atoms with E-state index in [4.69, 9.17) is 4.74 Å². The normalized spacial score (nSPS) is 11.1. The van der Waals surface area contributed by atoms with Gasteiger partial charge in [0.05, 0.1) is 7.11 Å². The molecule has 0 aliphatic rings. The summed E-state index contributed by atoms with van der Waals surface area (Å²) in [4.78, 5) is 0. The van der Waals surface area contributed by atoms with E-state index in [1.54, 1.807) is 12.1 Å². The van der Waals surface area contributed by atoms with Crippen molar-refractivity contribution in [2.24, 2.45) is 0 Å². The monoisotopic (exact) mass is 342 g/mol. The van der Waals surface area contributed by atoms with Crippen LogP contribution in [0.3, 0.4) is 0 Å². The van der Waals surface area contributed by atoms with E-state index in [-0.39, 0.29) is 5.75 Å². The molecule has 25 heavy (non-hydrogen) atoms. The molecule has 3 aromatic carbocycles. The summed E-state index contributed by atoms with van der Waals surface area (Å²) in [6.07, 6.45) is 2.18. The number of hydrogen-bond donors (Lipinski definition) is 0. The Morgan fingerprint density at radius 2 is 1.64 bits per heavy atom. The summed E-state index contributed by atoms with van der Waals surface area (Å²) >= 11 is 0. The zero-order chi connectivity index (χ0) is 17.8. The Balaban J connectivity index is 2.02. The second kappa shape index (κ2) is 7.51. The lowest BCUT2D eigenvalue weighted by Gasteiger charge is -2.13. The van der Waals surface area contributed by atoms with Crippen LogP contribution in [0.4, 0.5) is 8.78 Å². The fourth-order valence-electron chi connectivity index (χ4n) is 2.98. The summed E-state index contributed by atoms with van der Waals surface area (Å²) in [6, 6.07) is 17.6. The van der Waals surface area contributed by atoms with E-state index >= 15 is 0 Å². The van der Waals surface area contributed by atoms with E-state index in [0.717, 1.165) is 29.4 Å². The summed E-state index contributed by atoms with van der Waals surface area (Å²) in [6.45, 7) is -0.741. The number of methoxy groups -OCH3 is 1. The molecule has 0 saturated heterocycles. The number of rotatable bonds is 6. The zero-order valence-electron chi connectivity index (χ0n) is 14.3. The molecule has 0 aliphatic carbocycles. The number of halogens is 2. The summed E-state index contributed by atoms with van der Waals surface area (Å²) in [5.41, 5.74) is 3.43. The van der Waals surface area contributed by atoms with Gasteiger partial charge in [0, 0.05) is 5.39 Å². The molecule has 0 heterocycles. The van der Waals surface area contributed by atoms with E-state index in [2.05, 4.69) is 35.9 Å². The van der Waals surface area contributed by atoms with Crippen molar-refractivity contribution < 1.29 is 18.3 Å². The van der Waals surface area contributed by atoms with Crippen LogP contribution >= 0.6 is 0 Å². The van der Waals surface area contributed by atoms with Crippen LogP contribution in [-0.2, 0) is 6.42 Å². The lowest BCUT2D eigenvalue weighted by Crippen LogP contribution is -2.04. The van der Waals surface area contributed by atoms with Crippen molar-refractivity contribution in [1.82, 2.24) is 0 Å². The third-order valence-electron chi connectivity index (χ3n) is 4.19. The van der Waals surface area contributed by atoms with E-state index in [1.165, 1.54) is 12.7 Å². The first kappa shape index (κ1) is 17.2. The fraction of sp³-hybridized carbons (Fsp3) is 0.238. The highest BCUT2D eigenvalue weighted by Gasteiger charge is 2.15. The Hall–Kier alpha value is -2.62. The second-order valence-electron chi connectivity index (χ2n) is 5.86. The van der Waals surface area contributed by atoms with Crippen LogP contribution in [0.1, 0.15) is 18.9 Å². The highest BCUT2D eigenvalue weighted by molar-refractivity contribution is 5.93. The van der Waals surface area contributed by atoms with E-state index < -0.39 is 6.61 Å². The SMILES string of the molecule is CCCc1ccc(-c2ccc3c(OC(F)F)c(OC)ccc3c2)cc1. The fourth-order valence-corrected chi connectivity index (χ4v) is 2.98. The van der Waals surface area contributed by atoms with Crippen LogP contribution in [-0.4, -0.2) is 13.7 Å². The molecular formula is C21H20F2O2. The van der Waals surface area contributed by atoms with Gasteiger partial charge in [-0.15, -0.1) is 0 Å². The average Bonchev–Trinajstić information content (AvgIpc) is 2.62. The molecule has 2 nitrogen and oxygen atoms in total. The summed E-state index contributed by atoms with van der Waals surface area (Å²) in [7, 11) is 1.44. The predicted molar refractivity (Wildman–Crippen MR) is 96.6 cm³/mol. The molecule has 0 radical (unpaired) electrons. The first-order valence-corrected chi connectivity index (χ1v) is 8.27. The minimum atomic E-state index is -2.90. The van der Waals surface area contributed by atoms with Crippen LogP contribution < -0.4 is 9.47 Å². The Morgan fingerprint density at radius 3 is 2.28 bits per heavy atom. The molecule has 0 saturated carbocycles. The van der Waals surface area contributed by atoms with Gasteiger partial charge in [-0.05, 0) is 46.7 Å². The maximum Gasteiger partial charge on any atom is 0.387 e. The molecule has 0 atom stereocenters. The lowest BCUT2D eigenvalue weighted by atomic mass is 9.99.